The fourth-order valence-corrected chi connectivity index (χ4v) is 3.32. The van der Waals surface area contributed by atoms with Crippen LogP contribution in [0.25, 0.3) is 0 Å². The first-order valence-electron chi connectivity index (χ1n) is 9.83. The Morgan fingerprint density at radius 3 is 2.23 bits per heavy atom. The van der Waals surface area contributed by atoms with Crippen molar-refractivity contribution in [2.75, 3.05) is 6.61 Å². The van der Waals surface area contributed by atoms with Crippen LogP contribution in [0, 0.1) is 13.8 Å². The lowest BCUT2D eigenvalue weighted by atomic mass is 10.1. The predicted octanol–water partition coefficient (Wildman–Crippen LogP) is 4.93. The van der Waals surface area contributed by atoms with Crippen LogP contribution >= 0.6 is 23.2 Å². The van der Waals surface area contributed by atoms with Gasteiger partial charge in [-0.1, -0.05) is 41.4 Å². The number of ether oxygens (including phenoxy) is 1. The fourth-order valence-electron chi connectivity index (χ4n) is 3.02. The standard InChI is InChI=1S/C23H28Cl2N2O3/c1-14(2)26-23(29)17(5)27(12-18-8-6-7-9-20(18)24)21(28)13-30-19-10-15(3)22(25)16(4)11-19/h6-11,14,17H,12-13H2,1-5H3,(H,26,29)/t17-/m0/s1. The molecule has 162 valence electrons. The van der Waals surface area contributed by atoms with Gasteiger partial charge in [0.05, 0.1) is 0 Å². The maximum Gasteiger partial charge on any atom is 0.261 e. The third-order valence-corrected chi connectivity index (χ3v) is 5.63. The van der Waals surface area contributed by atoms with Gasteiger partial charge in [0.1, 0.15) is 11.8 Å². The number of benzene rings is 2. The van der Waals surface area contributed by atoms with Gasteiger partial charge in [0, 0.05) is 22.6 Å². The minimum atomic E-state index is -0.687. The summed E-state index contributed by atoms with van der Waals surface area (Å²) in [6.07, 6.45) is 0. The maximum absolute atomic E-state index is 13.1. The normalized spacial score (nSPS) is 11.9. The molecule has 1 N–H and O–H groups in total. The van der Waals surface area contributed by atoms with Crippen molar-refractivity contribution in [2.24, 2.45) is 0 Å². The number of hydrogen-bond acceptors (Lipinski definition) is 3. The first-order chi connectivity index (χ1) is 14.1. The minimum Gasteiger partial charge on any atom is -0.484 e. The molecule has 0 radical (unpaired) electrons. The lowest BCUT2D eigenvalue weighted by molar-refractivity contribution is -0.142. The van der Waals surface area contributed by atoms with Gasteiger partial charge in [-0.05, 0) is 69.5 Å². The summed E-state index contributed by atoms with van der Waals surface area (Å²) >= 11 is 12.5. The number of rotatable bonds is 8. The van der Waals surface area contributed by atoms with Crippen molar-refractivity contribution in [3.63, 3.8) is 0 Å². The van der Waals surface area contributed by atoms with E-state index in [2.05, 4.69) is 5.32 Å². The summed E-state index contributed by atoms with van der Waals surface area (Å²) in [6.45, 7) is 9.21. The zero-order chi connectivity index (χ0) is 22.4. The Morgan fingerprint density at radius 2 is 1.67 bits per heavy atom. The summed E-state index contributed by atoms with van der Waals surface area (Å²) < 4.78 is 5.73. The fraction of sp³-hybridized carbons (Fsp3) is 0.391. The van der Waals surface area contributed by atoms with E-state index in [9.17, 15) is 9.59 Å². The lowest BCUT2D eigenvalue weighted by Gasteiger charge is -2.29. The number of halogens is 2. The largest absolute Gasteiger partial charge is 0.484 e. The molecule has 30 heavy (non-hydrogen) atoms. The second kappa shape index (κ2) is 10.7. The van der Waals surface area contributed by atoms with Gasteiger partial charge in [0.25, 0.3) is 5.91 Å². The molecule has 2 amide bonds. The summed E-state index contributed by atoms with van der Waals surface area (Å²) in [4.78, 5) is 27.1. The van der Waals surface area contributed by atoms with Crippen LogP contribution in [0.5, 0.6) is 5.75 Å². The van der Waals surface area contributed by atoms with Crippen molar-refractivity contribution in [2.45, 2.75) is 53.2 Å². The predicted molar refractivity (Wildman–Crippen MR) is 121 cm³/mol. The molecule has 0 spiro atoms. The lowest BCUT2D eigenvalue weighted by Crippen LogP contribution is -2.50. The van der Waals surface area contributed by atoms with Crippen LogP contribution in [-0.4, -0.2) is 35.4 Å². The molecule has 5 nitrogen and oxygen atoms in total. The van der Waals surface area contributed by atoms with E-state index in [4.69, 9.17) is 27.9 Å². The summed E-state index contributed by atoms with van der Waals surface area (Å²) in [5.74, 6) is 0.00916. The van der Waals surface area contributed by atoms with E-state index >= 15 is 0 Å². The van der Waals surface area contributed by atoms with Crippen molar-refractivity contribution >= 4 is 35.0 Å². The molecule has 0 fully saturated rings. The van der Waals surface area contributed by atoms with Crippen molar-refractivity contribution in [3.05, 3.63) is 63.1 Å². The topological polar surface area (TPSA) is 58.6 Å². The second-order valence-electron chi connectivity index (χ2n) is 7.61. The van der Waals surface area contributed by atoms with Gasteiger partial charge in [-0.15, -0.1) is 0 Å². The van der Waals surface area contributed by atoms with Crippen LogP contribution < -0.4 is 10.1 Å². The average molecular weight is 451 g/mol. The molecule has 0 aliphatic carbocycles. The van der Waals surface area contributed by atoms with Gasteiger partial charge >= 0.3 is 0 Å². The van der Waals surface area contributed by atoms with Crippen LogP contribution in [0.15, 0.2) is 36.4 Å². The van der Waals surface area contributed by atoms with Crippen LogP contribution in [-0.2, 0) is 16.1 Å². The molecule has 2 rings (SSSR count). The molecule has 0 aliphatic rings. The van der Waals surface area contributed by atoms with Gasteiger partial charge < -0.3 is 15.0 Å². The smallest absolute Gasteiger partial charge is 0.261 e. The van der Waals surface area contributed by atoms with Gasteiger partial charge in [-0.25, -0.2) is 0 Å². The Balaban J connectivity index is 2.21. The van der Waals surface area contributed by atoms with E-state index in [0.717, 1.165) is 16.7 Å². The van der Waals surface area contributed by atoms with Crippen molar-refractivity contribution < 1.29 is 14.3 Å². The highest BCUT2D eigenvalue weighted by Gasteiger charge is 2.27. The molecule has 0 aromatic heterocycles. The van der Waals surface area contributed by atoms with Crippen molar-refractivity contribution in [1.29, 1.82) is 0 Å². The number of hydrogen-bond donors (Lipinski definition) is 1. The van der Waals surface area contributed by atoms with Crippen LogP contribution in [0.1, 0.15) is 37.5 Å². The first kappa shape index (κ1) is 24.0. The monoisotopic (exact) mass is 450 g/mol. The number of carbonyl (C=O) groups is 2. The van der Waals surface area contributed by atoms with Crippen molar-refractivity contribution in [1.82, 2.24) is 10.2 Å². The summed E-state index contributed by atoms with van der Waals surface area (Å²) in [6, 6.07) is 10.1. The Bertz CT molecular complexity index is 892. The Kier molecular flexibility index (Phi) is 8.56. The molecule has 0 saturated heterocycles. The summed E-state index contributed by atoms with van der Waals surface area (Å²) in [7, 11) is 0. The molecule has 7 heteroatoms. The highest BCUT2D eigenvalue weighted by molar-refractivity contribution is 6.32. The Labute approximate surface area is 188 Å². The van der Waals surface area contributed by atoms with E-state index < -0.39 is 6.04 Å². The third kappa shape index (κ3) is 6.38. The second-order valence-corrected chi connectivity index (χ2v) is 8.40. The number of carbonyl (C=O) groups excluding carboxylic acids is 2. The van der Waals surface area contributed by atoms with Gasteiger partial charge in [0.2, 0.25) is 5.91 Å². The molecule has 0 bridgehead atoms. The molecule has 0 aliphatic heterocycles. The molecule has 1 atom stereocenters. The maximum atomic E-state index is 13.1. The number of aryl methyl sites for hydroxylation is 2. The average Bonchev–Trinajstić information content (AvgIpc) is 2.68. The zero-order valence-corrected chi connectivity index (χ0v) is 19.5. The third-order valence-electron chi connectivity index (χ3n) is 4.67. The van der Waals surface area contributed by atoms with Gasteiger partial charge in [-0.3, -0.25) is 9.59 Å². The molecule has 0 saturated carbocycles. The molecule has 0 heterocycles. The van der Waals surface area contributed by atoms with E-state index in [-0.39, 0.29) is 31.0 Å². The van der Waals surface area contributed by atoms with E-state index in [1.165, 1.54) is 4.90 Å². The van der Waals surface area contributed by atoms with E-state index in [0.29, 0.717) is 15.8 Å². The van der Waals surface area contributed by atoms with Crippen LogP contribution in [0.4, 0.5) is 0 Å². The van der Waals surface area contributed by atoms with Crippen LogP contribution in [0.2, 0.25) is 10.0 Å². The zero-order valence-electron chi connectivity index (χ0n) is 18.0. The molecule has 2 aromatic carbocycles. The van der Waals surface area contributed by atoms with Crippen molar-refractivity contribution in [3.8, 4) is 5.75 Å². The molecular formula is C23H28Cl2N2O3. The van der Waals surface area contributed by atoms with E-state index in [1.807, 2.05) is 45.9 Å². The number of nitrogens with one attached hydrogen (secondary N) is 1. The minimum absolute atomic E-state index is 0.0338. The van der Waals surface area contributed by atoms with Gasteiger partial charge in [0.15, 0.2) is 6.61 Å². The Morgan fingerprint density at radius 1 is 1.07 bits per heavy atom. The molecule has 2 aromatic rings. The SMILES string of the molecule is Cc1cc(OCC(=O)N(Cc2ccccc2Cl)[C@@H](C)C(=O)NC(C)C)cc(C)c1Cl. The van der Waals surface area contributed by atoms with Crippen LogP contribution in [0.3, 0.4) is 0 Å². The molecular weight excluding hydrogens is 423 g/mol. The first-order valence-corrected chi connectivity index (χ1v) is 10.6. The Hall–Kier alpha value is -2.24. The number of nitrogens with zero attached hydrogens (tertiary/aromatic N) is 1. The number of amides is 2. The summed E-state index contributed by atoms with van der Waals surface area (Å²) in [5, 5.41) is 4.06. The van der Waals surface area contributed by atoms with Gasteiger partial charge in [-0.2, -0.15) is 0 Å². The highest BCUT2D eigenvalue weighted by Crippen LogP contribution is 2.26. The van der Waals surface area contributed by atoms with E-state index in [1.54, 1.807) is 25.1 Å². The molecule has 0 unspecified atom stereocenters. The quantitative estimate of drug-likeness (QED) is 0.619. The highest BCUT2D eigenvalue weighted by atomic mass is 35.5. The summed E-state index contributed by atoms with van der Waals surface area (Å²) in [5.41, 5.74) is 2.50.